The summed E-state index contributed by atoms with van der Waals surface area (Å²) in [6, 6.07) is 6.75. The van der Waals surface area contributed by atoms with Gasteiger partial charge in [-0.05, 0) is 43.9 Å². The number of aliphatic imine (C=N–C) groups is 1. The van der Waals surface area contributed by atoms with E-state index >= 15 is 0 Å². The first-order valence-electron chi connectivity index (χ1n) is 9.27. The minimum atomic E-state index is -4.15. The molecule has 160 valence electrons. The highest BCUT2D eigenvalue weighted by Crippen LogP contribution is 2.37. The van der Waals surface area contributed by atoms with Crippen molar-refractivity contribution >= 4 is 29.9 Å². The van der Waals surface area contributed by atoms with Crippen LogP contribution in [0.3, 0.4) is 0 Å². The third-order valence-electron chi connectivity index (χ3n) is 4.75. The standard InChI is InChI=1S/C19H28F3N3O2.HI/c1-3-23-18(25-15-6-4-5-14(11-15)19(20,21)22)24-12-17(26)13-7-9-16(27-2)10-8-13;/h7-10,14-15,17,26H,3-6,11-12H2,1-2H3,(H2,23,24,25);1H. The maximum Gasteiger partial charge on any atom is 0.391 e. The normalized spacial score (nSPS) is 21.4. The maximum atomic E-state index is 13.0. The Morgan fingerprint density at radius 3 is 2.54 bits per heavy atom. The molecule has 3 N–H and O–H groups in total. The van der Waals surface area contributed by atoms with Gasteiger partial charge >= 0.3 is 6.18 Å². The summed E-state index contributed by atoms with van der Waals surface area (Å²) in [5.74, 6) is -0.143. The van der Waals surface area contributed by atoms with E-state index in [1.807, 2.05) is 6.92 Å². The van der Waals surface area contributed by atoms with Gasteiger partial charge in [-0.25, -0.2) is 0 Å². The SMILES string of the molecule is CCNC(=NCC(O)c1ccc(OC)cc1)NC1CCCC(C(F)(F)F)C1.I. The first-order valence-corrected chi connectivity index (χ1v) is 9.27. The van der Waals surface area contributed by atoms with E-state index < -0.39 is 18.2 Å². The van der Waals surface area contributed by atoms with E-state index in [1.165, 1.54) is 0 Å². The Labute approximate surface area is 181 Å². The average Bonchev–Trinajstić information content (AvgIpc) is 2.65. The lowest BCUT2D eigenvalue weighted by Gasteiger charge is -2.32. The van der Waals surface area contributed by atoms with E-state index in [1.54, 1.807) is 31.4 Å². The van der Waals surface area contributed by atoms with E-state index in [4.69, 9.17) is 4.74 Å². The van der Waals surface area contributed by atoms with Crippen molar-refractivity contribution in [2.45, 2.75) is 50.9 Å². The molecule has 0 saturated heterocycles. The quantitative estimate of drug-likeness (QED) is 0.304. The van der Waals surface area contributed by atoms with Crippen molar-refractivity contribution in [3.05, 3.63) is 29.8 Å². The Morgan fingerprint density at radius 1 is 1.29 bits per heavy atom. The van der Waals surface area contributed by atoms with Gasteiger partial charge in [0.25, 0.3) is 0 Å². The minimum absolute atomic E-state index is 0. The fourth-order valence-electron chi connectivity index (χ4n) is 3.24. The number of hydrogen-bond donors (Lipinski definition) is 3. The maximum absolute atomic E-state index is 13.0. The van der Waals surface area contributed by atoms with Gasteiger partial charge in [-0.2, -0.15) is 13.2 Å². The number of hydrogen-bond acceptors (Lipinski definition) is 3. The van der Waals surface area contributed by atoms with Crippen LogP contribution in [-0.2, 0) is 0 Å². The highest BCUT2D eigenvalue weighted by molar-refractivity contribution is 14.0. The fourth-order valence-corrected chi connectivity index (χ4v) is 3.24. The van der Waals surface area contributed by atoms with Crippen LogP contribution in [0.5, 0.6) is 5.75 Å². The van der Waals surface area contributed by atoms with Crippen LogP contribution in [0.1, 0.15) is 44.3 Å². The lowest BCUT2D eigenvalue weighted by Crippen LogP contribution is -2.47. The molecule has 1 saturated carbocycles. The van der Waals surface area contributed by atoms with Crippen molar-refractivity contribution in [2.24, 2.45) is 10.9 Å². The summed E-state index contributed by atoms with van der Waals surface area (Å²) in [5.41, 5.74) is 0.699. The molecule has 0 amide bonds. The van der Waals surface area contributed by atoms with Gasteiger partial charge in [0.1, 0.15) is 5.75 Å². The second-order valence-electron chi connectivity index (χ2n) is 6.75. The van der Waals surface area contributed by atoms with E-state index in [-0.39, 0.29) is 49.4 Å². The second-order valence-corrected chi connectivity index (χ2v) is 6.75. The zero-order valence-electron chi connectivity index (χ0n) is 16.1. The van der Waals surface area contributed by atoms with E-state index in [9.17, 15) is 18.3 Å². The molecular weight excluding hydrogens is 486 g/mol. The number of halogens is 4. The third kappa shape index (κ3) is 7.65. The topological polar surface area (TPSA) is 65.9 Å². The number of ether oxygens (including phenoxy) is 1. The Balaban J connectivity index is 0.00000392. The molecule has 0 heterocycles. The Bertz CT molecular complexity index is 611. The molecule has 0 aliphatic heterocycles. The summed E-state index contributed by atoms with van der Waals surface area (Å²) in [4.78, 5) is 4.35. The highest BCUT2D eigenvalue weighted by atomic mass is 127. The number of nitrogens with zero attached hydrogens (tertiary/aromatic N) is 1. The second kappa shape index (κ2) is 11.7. The fraction of sp³-hybridized carbons (Fsp3) is 0.632. The van der Waals surface area contributed by atoms with Crippen molar-refractivity contribution in [3.63, 3.8) is 0 Å². The van der Waals surface area contributed by atoms with Gasteiger partial charge in [-0.3, -0.25) is 4.99 Å². The van der Waals surface area contributed by atoms with Crippen molar-refractivity contribution in [1.29, 1.82) is 0 Å². The predicted octanol–water partition coefficient (Wildman–Crippen LogP) is 4.02. The van der Waals surface area contributed by atoms with Gasteiger partial charge in [-0.1, -0.05) is 18.6 Å². The first-order chi connectivity index (χ1) is 12.8. The molecule has 1 aliphatic rings. The molecule has 28 heavy (non-hydrogen) atoms. The summed E-state index contributed by atoms with van der Waals surface area (Å²) in [7, 11) is 1.57. The summed E-state index contributed by atoms with van der Waals surface area (Å²) >= 11 is 0. The average molecular weight is 515 g/mol. The molecule has 9 heteroatoms. The third-order valence-corrected chi connectivity index (χ3v) is 4.75. The summed E-state index contributed by atoms with van der Waals surface area (Å²) < 4.78 is 44.0. The zero-order chi connectivity index (χ0) is 19.9. The summed E-state index contributed by atoms with van der Waals surface area (Å²) in [5, 5.41) is 16.4. The van der Waals surface area contributed by atoms with Crippen LogP contribution in [0, 0.1) is 5.92 Å². The molecule has 1 fully saturated rings. The van der Waals surface area contributed by atoms with Crippen molar-refractivity contribution in [3.8, 4) is 5.75 Å². The molecule has 0 spiro atoms. The Hall–Kier alpha value is -1.23. The molecule has 2 rings (SSSR count). The molecule has 1 aliphatic carbocycles. The van der Waals surface area contributed by atoms with Gasteiger partial charge in [-0.15, -0.1) is 24.0 Å². The molecule has 3 atom stereocenters. The number of guanidine groups is 1. The molecule has 0 aromatic heterocycles. The molecule has 5 nitrogen and oxygen atoms in total. The molecular formula is C19H29F3IN3O2. The number of methoxy groups -OCH3 is 1. The van der Waals surface area contributed by atoms with Crippen molar-refractivity contribution in [1.82, 2.24) is 10.6 Å². The number of aliphatic hydroxyl groups excluding tert-OH is 1. The summed E-state index contributed by atoms with van der Waals surface area (Å²) in [6.07, 6.45) is -3.50. The molecule has 1 aromatic rings. The van der Waals surface area contributed by atoms with Gasteiger partial charge in [0.05, 0.1) is 25.7 Å². The van der Waals surface area contributed by atoms with Crippen LogP contribution in [-0.4, -0.2) is 43.5 Å². The Morgan fingerprint density at radius 2 is 1.96 bits per heavy atom. The van der Waals surface area contributed by atoms with Crippen molar-refractivity contribution < 1.29 is 23.0 Å². The predicted molar refractivity (Wildman–Crippen MR) is 114 cm³/mol. The lowest BCUT2D eigenvalue weighted by molar-refractivity contribution is -0.183. The summed E-state index contributed by atoms with van der Waals surface area (Å²) in [6.45, 7) is 2.58. The van der Waals surface area contributed by atoms with Gasteiger partial charge < -0.3 is 20.5 Å². The lowest BCUT2D eigenvalue weighted by atomic mass is 9.85. The van der Waals surface area contributed by atoms with E-state index in [0.29, 0.717) is 36.7 Å². The van der Waals surface area contributed by atoms with E-state index in [2.05, 4.69) is 15.6 Å². The van der Waals surface area contributed by atoms with Crippen molar-refractivity contribution in [2.75, 3.05) is 20.2 Å². The van der Waals surface area contributed by atoms with Gasteiger partial charge in [0.2, 0.25) is 0 Å². The van der Waals surface area contributed by atoms with Crippen LogP contribution >= 0.6 is 24.0 Å². The van der Waals surface area contributed by atoms with Gasteiger partial charge in [0, 0.05) is 12.6 Å². The number of alkyl halides is 3. The number of aliphatic hydroxyl groups is 1. The van der Waals surface area contributed by atoms with Crippen LogP contribution in [0.25, 0.3) is 0 Å². The Kier molecular flexibility index (Phi) is 10.4. The largest absolute Gasteiger partial charge is 0.497 e. The molecule has 0 bridgehead atoms. The highest BCUT2D eigenvalue weighted by Gasteiger charge is 2.42. The van der Waals surface area contributed by atoms with Crippen LogP contribution < -0.4 is 15.4 Å². The van der Waals surface area contributed by atoms with Gasteiger partial charge in [0.15, 0.2) is 5.96 Å². The minimum Gasteiger partial charge on any atom is -0.497 e. The molecule has 1 aromatic carbocycles. The number of nitrogens with one attached hydrogen (secondary N) is 2. The molecule has 0 radical (unpaired) electrons. The van der Waals surface area contributed by atoms with Crippen LogP contribution in [0.15, 0.2) is 29.3 Å². The van der Waals surface area contributed by atoms with Crippen LogP contribution in [0.2, 0.25) is 0 Å². The first kappa shape index (κ1) is 24.8. The van der Waals surface area contributed by atoms with E-state index in [0.717, 1.165) is 0 Å². The number of rotatable bonds is 6. The monoisotopic (exact) mass is 515 g/mol. The number of benzene rings is 1. The van der Waals surface area contributed by atoms with Crippen LogP contribution in [0.4, 0.5) is 13.2 Å². The molecule has 3 unspecified atom stereocenters. The smallest absolute Gasteiger partial charge is 0.391 e. The zero-order valence-corrected chi connectivity index (χ0v) is 18.5.